The number of carbonyl (C=O) groups excluding carboxylic acids is 1. The van der Waals surface area contributed by atoms with E-state index < -0.39 is 0 Å². The zero-order valence-electron chi connectivity index (χ0n) is 11.5. The molecule has 2 fully saturated rings. The number of rotatable bonds is 1. The summed E-state index contributed by atoms with van der Waals surface area (Å²) >= 11 is 0. The van der Waals surface area contributed by atoms with Gasteiger partial charge in [-0.15, -0.1) is 12.4 Å². The van der Waals surface area contributed by atoms with Gasteiger partial charge in [0.1, 0.15) is 0 Å². The second-order valence-corrected chi connectivity index (χ2v) is 5.68. The minimum Gasteiger partial charge on any atom is -0.398 e. The van der Waals surface area contributed by atoms with Crippen LogP contribution in [0.25, 0.3) is 0 Å². The molecule has 0 bridgehead atoms. The van der Waals surface area contributed by atoms with Crippen molar-refractivity contribution in [3.8, 4) is 0 Å². The highest BCUT2D eigenvalue weighted by atomic mass is 35.5. The molecule has 2 aliphatic rings. The smallest absolute Gasteiger partial charge is 0.255 e. The van der Waals surface area contributed by atoms with Gasteiger partial charge in [-0.2, -0.15) is 0 Å². The number of amides is 1. The van der Waals surface area contributed by atoms with Crippen LogP contribution in [0.4, 0.5) is 5.69 Å². The molecule has 1 aromatic rings. The van der Waals surface area contributed by atoms with E-state index in [1.165, 1.54) is 0 Å². The molecule has 0 saturated carbocycles. The first-order valence-corrected chi connectivity index (χ1v) is 6.92. The fraction of sp³-hybridized carbons (Fsp3) is 0.533. The second-order valence-electron chi connectivity index (χ2n) is 5.68. The highest BCUT2D eigenvalue weighted by Gasteiger charge is 2.41. The predicted molar refractivity (Wildman–Crippen MR) is 81.1 cm³/mol. The Bertz CT molecular complexity index is 487. The standard InChI is InChI=1S/C15H20N2O2.ClH/c16-13-4-2-1-3-12(13)14(18)17-8-5-15(11-17)6-9-19-10-7-15;/h1-4H,5-11,16H2;1H. The third-order valence-electron chi connectivity index (χ3n) is 4.47. The van der Waals surface area contributed by atoms with Crippen LogP contribution in [0.2, 0.25) is 0 Å². The van der Waals surface area contributed by atoms with Crippen LogP contribution in [0.1, 0.15) is 29.6 Å². The van der Waals surface area contributed by atoms with E-state index in [1.54, 1.807) is 6.07 Å². The summed E-state index contributed by atoms with van der Waals surface area (Å²) in [5, 5.41) is 0. The van der Waals surface area contributed by atoms with Gasteiger partial charge in [0.25, 0.3) is 5.91 Å². The summed E-state index contributed by atoms with van der Waals surface area (Å²) < 4.78 is 5.43. The van der Waals surface area contributed by atoms with Gasteiger partial charge >= 0.3 is 0 Å². The molecule has 2 N–H and O–H groups in total. The Morgan fingerprint density at radius 3 is 2.60 bits per heavy atom. The van der Waals surface area contributed by atoms with Crippen LogP contribution < -0.4 is 5.73 Å². The maximum absolute atomic E-state index is 12.5. The first-order chi connectivity index (χ1) is 9.20. The summed E-state index contributed by atoms with van der Waals surface area (Å²) in [4.78, 5) is 14.5. The Balaban J connectivity index is 0.00000147. The van der Waals surface area contributed by atoms with Crippen molar-refractivity contribution in [3.63, 3.8) is 0 Å². The molecule has 0 aliphatic carbocycles. The van der Waals surface area contributed by atoms with Gasteiger partial charge in [0.05, 0.1) is 5.56 Å². The normalized spacial score (nSPS) is 20.7. The Morgan fingerprint density at radius 2 is 1.90 bits per heavy atom. The molecule has 2 heterocycles. The average Bonchev–Trinajstić information content (AvgIpc) is 2.83. The number of halogens is 1. The van der Waals surface area contributed by atoms with Crippen LogP contribution in [0, 0.1) is 5.41 Å². The molecule has 0 atom stereocenters. The number of benzene rings is 1. The molecule has 1 aromatic carbocycles. The number of nitrogens with zero attached hydrogens (tertiary/aromatic N) is 1. The number of ether oxygens (including phenoxy) is 1. The molecule has 0 unspecified atom stereocenters. The monoisotopic (exact) mass is 296 g/mol. The summed E-state index contributed by atoms with van der Waals surface area (Å²) in [7, 11) is 0. The molecule has 20 heavy (non-hydrogen) atoms. The van der Waals surface area contributed by atoms with Crippen molar-refractivity contribution < 1.29 is 9.53 Å². The fourth-order valence-corrected chi connectivity index (χ4v) is 3.18. The summed E-state index contributed by atoms with van der Waals surface area (Å²) in [6, 6.07) is 7.32. The van der Waals surface area contributed by atoms with Crippen LogP contribution in [0.3, 0.4) is 0 Å². The van der Waals surface area contributed by atoms with Gasteiger partial charge in [-0.25, -0.2) is 0 Å². The first-order valence-electron chi connectivity index (χ1n) is 6.92. The molecule has 4 nitrogen and oxygen atoms in total. The summed E-state index contributed by atoms with van der Waals surface area (Å²) in [6.45, 7) is 3.35. The van der Waals surface area contributed by atoms with E-state index in [0.717, 1.165) is 45.6 Å². The highest BCUT2D eigenvalue weighted by Crippen LogP contribution is 2.40. The average molecular weight is 297 g/mol. The van der Waals surface area contributed by atoms with Gasteiger partial charge in [0.15, 0.2) is 0 Å². The van der Waals surface area contributed by atoms with Gasteiger partial charge in [0.2, 0.25) is 0 Å². The van der Waals surface area contributed by atoms with Crippen LogP contribution in [0.5, 0.6) is 0 Å². The molecule has 5 heteroatoms. The number of nitrogens with two attached hydrogens (primary N) is 1. The molecule has 1 amide bonds. The van der Waals surface area contributed by atoms with Crippen molar-refractivity contribution in [2.45, 2.75) is 19.3 Å². The Kier molecular flexibility index (Phi) is 4.55. The topological polar surface area (TPSA) is 55.6 Å². The zero-order valence-corrected chi connectivity index (χ0v) is 12.3. The van der Waals surface area contributed by atoms with Gasteiger partial charge < -0.3 is 15.4 Å². The largest absolute Gasteiger partial charge is 0.398 e. The van der Waals surface area contributed by atoms with Gasteiger partial charge in [-0.05, 0) is 36.8 Å². The zero-order chi connectivity index (χ0) is 13.3. The number of likely N-dealkylation sites (tertiary alicyclic amines) is 1. The molecular weight excluding hydrogens is 276 g/mol. The quantitative estimate of drug-likeness (QED) is 0.809. The minimum absolute atomic E-state index is 0. The number of carbonyl (C=O) groups is 1. The number of para-hydroxylation sites is 1. The molecule has 0 radical (unpaired) electrons. The minimum atomic E-state index is 0. The maximum atomic E-state index is 12.5. The van der Waals surface area contributed by atoms with E-state index in [1.807, 2.05) is 23.1 Å². The van der Waals surface area contributed by atoms with Crippen molar-refractivity contribution in [3.05, 3.63) is 29.8 Å². The van der Waals surface area contributed by atoms with Crippen molar-refractivity contribution >= 4 is 24.0 Å². The van der Waals surface area contributed by atoms with Crippen molar-refractivity contribution in [1.82, 2.24) is 4.90 Å². The van der Waals surface area contributed by atoms with E-state index in [0.29, 0.717) is 11.3 Å². The lowest BCUT2D eigenvalue weighted by atomic mass is 9.80. The molecular formula is C15H21ClN2O2. The predicted octanol–water partition coefficient (Wildman–Crippen LogP) is 2.33. The van der Waals surface area contributed by atoms with E-state index >= 15 is 0 Å². The highest BCUT2D eigenvalue weighted by molar-refractivity contribution is 5.99. The third kappa shape index (κ3) is 2.76. The molecule has 2 aliphatic heterocycles. The molecule has 110 valence electrons. The Morgan fingerprint density at radius 1 is 1.20 bits per heavy atom. The summed E-state index contributed by atoms with van der Waals surface area (Å²) in [5.74, 6) is 0.0708. The number of hydrogen-bond donors (Lipinski definition) is 1. The van der Waals surface area contributed by atoms with Gasteiger partial charge in [0, 0.05) is 32.0 Å². The second kappa shape index (κ2) is 6.02. The van der Waals surface area contributed by atoms with Crippen molar-refractivity contribution in [1.29, 1.82) is 0 Å². The third-order valence-corrected chi connectivity index (χ3v) is 4.47. The Hall–Kier alpha value is -1.26. The number of nitrogen functional groups attached to an aromatic ring is 1. The van der Waals surface area contributed by atoms with E-state index in [2.05, 4.69) is 0 Å². The Labute approximate surface area is 125 Å². The number of anilines is 1. The molecule has 2 saturated heterocycles. The van der Waals surface area contributed by atoms with Gasteiger partial charge in [-0.1, -0.05) is 12.1 Å². The molecule has 0 aromatic heterocycles. The van der Waals surface area contributed by atoms with E-state index in [-0.39, 0.29) is 23.7 Å². The summed E-state index contributed by atoms with van der Waals surface area (Å²) in [6.07, 6.45) is 3.23. The first kappa shape index (κ1) is 15.1. The van der Waals surface area contributed by atoms with Crippen molar-refractivity contribution in [2.75, 3.05) is 32.0 Å². The number of hydrogen-bond acceptors (Lipinski definition) is 3. The van der Waals surface area contributed by atoms with Crippen LogP contribution >= 0.6 is 12.4 Å². The molecule has 3 rings (SSSR count). The van der Waals surface area contributed by atoms with E-state index in [9.17, 15) is 4.79 Å². The van der Waals surface area contributed by atoms with Crippen LogP contribution in [-0.4, -0.2) is 37.1 Å². The maximum Gasteiger partial charge on any atom is 0.255 e. The lowest BCUT2D eigenvalue weighted by molar-refractivity contribution is 0.0191. The van der Waals surface area contributed by atoms with Crippen LogP contribution in [0.15, 0.2) is 24.3 Å². The lowest BCUT2D eigenvalue weighted by Crippen LogP contribution is -2.35. The molecule has 1 spiro atoms. The lowest BCUT2D eigenvalue weighted by Gasteiger charge is -2.33. The SMILES string of the molecule is Cl.Nc1ccccc1C(=O)N1CCC2(CCOCC2)C1. The van der Waals surface area contributed by atoms with E-state index in [4.69, 9.17) is 10.5 Å². The fourth-order valence-electron chi connectivity index (χ4n) is 3.18. The van der Waals surface area contributed by atoms with Crippen LogP contribution in [-0.2, 0) is 4.74 Å². The van der Waals surface area contributed by atoms with Crippen molar-refractivity contribution in [2.24, 2.45) is 5.41 Å². The summed E-state index contributed by atoms with van der Waals surface area (Å²) in [5.41, 5.74) is 7.38. The van der Waals surface area contributed by atoms with Gasteiger partial charge in [-0.3, -0.25) is 4.79 Å².